The van der Waals surface area contributed by atoms with Gasteiger partial charge in [0.2, 0.25) is 0 Å². The molecule has 0 unspecified atom stereocenters. The lowest BCUT2D eigenvalue weighted by Gasteiger charge is -2.31. The van der Waals surface area contributed by atoms with E-state index in [-0.39, 0.29) is 11.0 Å². The summed E-state index contributed by atoms with van der Waals surface area (Å²) in [4.78, 5) is 4.88. The molecule has 0 saturated heterocycles. The van der Waals surface area contributed by atoms with Crippen molar-refractivity contribution in [2.45, 2.75) is 58.9 Å². The van der Waals surface area contributed by atoms with Gasteiger partial charge in [-0.15, -0.1) is 0 Å². The van der Waals surface area contributed by atoms with Crippen molar-refractivity contribution < 1.29 is 4.74 Å². The molecule has 22 heavy (non-hydrogen) atoms. The van der Waals surface area contributed by atoms with E-state index in [1.54, 1.807) is 0 Å². The lowest BCUT2D eigenvalue weighted by molar-refractivity contribution is 0.223. The Kier molecular flexibility index (Phi) is 6.19. The van der Waals surface area contributed by atoms with Crippen molar-refractivity contribution >= 4 is 51.1 Å². The van der Waals surface area contributed by atoms with E-state index < -0.39 is 0 Å². The van der Waals surface area contributed by atoms with Gasteiger partial charge < -0.3 is 4.74 Å². The van der Waals surface area contributed by atoms with E-state index >= 15 is 0 Å². The van der Waals surface area contributed by atoms with Gasteiger partial charge in [-0.3, -0.25) is 0 Å². The van der Waals surface area contributed by atoms with Gasteiger partial charge in [-0.25, -0.2) is 4.99 Å². The van der Waals surface area contributed by atoms with Crippen molar-refractivity contribution in [3.63, 3.8) is 0 Å². The molecule has 122 valence electrons. The Morgan fingerprint density at radius 3 is 2.23 bits per heavy atom. The molecule has 1 aromatic carbocycles. The van der Waals surface area contributed by atoms with E-state index in [0.717, 1.165) is 31.6 Å². The van der Waals surface area contributed by atoms with Crippen LogP contribution in [0.15, 0.2) is 23.2 Å². The average Bonchev–Trinajstić information content (AvgIpc) is 2.84. The van der Waals surface area contributed by atoms with Crippen LogP contribution in [0, 0.1) is 12.6 Å². The van der Waals surface area contributed by atoms with Crippen molar-refractivity contribution in [3.8, 4) is 0 Å². The van der Waals surface area contributed by atoms with Crippen molar-refractivity contribution in [2.24, 2.45) is 10.4 Å². The SMILES string of the molecule is CCC(CC)(CCc1c(I)cccc1I)C1=NC(C)(C)CO1. The first-order valence-corrected chi connectivity index (χ1v) is 10.2. The van der Waals surface area contributed by atoms with E-state index in [0.29, 0.717) is 6.61 Å². The summed E-state index contributed by atoms with van der Waals surface area (Å²) in [5.41, 5.74) is 1.48. The summed E-state index contributed by atoms with van der Waals surface area (Å²) in [7, 11) is 0. The van der Waals surface area contributed by atoms with Gasteiger partial charge in [0.25, 0.3) is 0 Å². The maximum absolute atomic E-state index is 6.01. The van der Waals surface area contributed by atoms with Crippen molar-refractivity contribution in [1.29, 1.82) is 0 Å². The first-order chi connectivity index (χ1) is 10.3. The molecule has 0 saturated carbocycles. The maximum atomic E-state index is 6.01. The number of aliphatic imine (C=N–C) groups is 1. The van der Waals surface area contributed by atoms with Crippen LogP contribution in [0.3, 0.4) is 0 Å². The predicted molar refractivity (Wildman–Crippen MR) is 111 cm³/mol. The highest BCUT2D eigenvalue weighted by molar-refractivity contribution is 14.1. The molecular formula is C18H25I2NO. The first kappa shape index (κ1) is 18.5. The zero-order chi connectivity index (χ0) is 16.4. The molecule has 0 atom stereocenters. The molecule has 1 heterocycles. The summed E-state index contributed by atoms with van der Waals surface area (Å²) in [6.45, 7) is 9.55. The largest absolute Gasteiger partial charge is 0.478 e. The van der Waals surface area contributed by atoms with Gasteiger partial charge in [0, 0.05) is 12.6 Å². The fraction of sp³-hybridized carbons (Fsp3) is 0.611. The Labute approximate surface area is 161 Å². The third-order valence-corrected chi connectivity index (χ3v) is 6.71. The molecule has 1 aliphatic heterocycles. The van der Waals surface area contributed by atoms with E-state index in [2.05, 4.69) is 91.1 Å². The number of rotatable bonds is 6. The smallest absolute Gasteiger partial charge is 0.190 e. The van der Waals surface area contributed by atoms with Crippen LogP contribution in [0.2, 0.25) is 0 Å². The molecule has 1 aromatic rings. The number of hydrogen-bond donors (Lipinski definition) is 0. The predicted octanol–water partition coefficient (Wildman–Crippen LogP) is 5.84. The molecule has 0 radical (unpaired) electrons. The van der Waals surface area contributed by atoms with Crippen molar-refractivity contribution in [3.05, 3.63) is 30.9 Å². The van der Waals surface area contributed by atoms with Crippen LogP contribution >= 0.6 is 45.2 Å². The standard InChI is InChI=1S/C18H25I2NO/c1-5-18(6-2,16-21-17(3,4)12-22-16)11-10-13-14(19)8-7-9-15(13)20/h7-9H,5-6,10-12H2,1-4H3. The Hall–Kier alpha value is 0.150. The van der Waals surface area contributed by atoms with Crippen molar-refractivity contribution in [1.82, 2.24) is 0 Å². The van der Waals surface area contributed by atoms with E-state index in [1.807, 2.05) is 0 Å². The molecule has 2 nitrogen and oxygen atoms in total. The molecule has 1 aliphatic rings. The van der Waals surface area contributed by atoms with Crippen LogP contribution in [0.5, 0.6) is 0 Å². The number of nitrogens with zero attached hydrogens (tertiary/aromatic N) is 1. The second-order valence-corrected chi connectivity index (χ2v) is 9.03. The number of benzene rings is 1. The van der Waals surface area contributed by atoms with Crippen LogP contribution in [0.25, 0.3) is 0 Å². The third-order valence-electron chi connectivity index (χ3n) is 4.69. The topological polar surface area (TPSA) is 21.6 Å². The Morgan fingerprint density at radius 1 is 1.18 bits per heavy atom. The quantitative estimate of drug-likeness (QED) is 0.428. The molecule has 0 fully saturated rings. The van der Waals surface area contributed by atoms with Gasteiger partial charge in [0.15, 0.2) is 5.90 Å². The minimum absolute atomic E-state index is 0.0689. The number of hydrogen-bond acceptors (Lipinski definition) is 2. The van der Waals surface area contributed by atoms with Gasteiger partial charge in [-0.05, 0) is 102 Å². The van der Waals surface area contributed by atoms with Gasteiger partial charge in [0.05, 0.1) is 5.54 Å². The maximum Gasteiger partial charge on any atom is 0.190 e. The summed E-state index contributed by atoms with van der Waals surface area (Å²) in [6.07, 6.45) is 4.35. The van der Waals surface area contributed by atoms with Gasteiger partial charge in [-0.1, -0.05) is 19.9 Å². The Morgan fingerprint density at radius 2 is 1.77 bits per heavy atom. The number of halogens is 2. The second-order valence-electron chi connectivity index (χ2n) is 6.71. The van der Waals surface area contributed by atoms with Crippen LogP contribution < -0.4 is 0 Å². The van der Waals surface area contributed by atoms with E-state index in [9.17, 15) is 0 Å². The lowest BCUT2D eigenvalue weighted by atomic mass is 9.77. The van der Waals surface area contributed by atoms with Gasteiger partial charge in [-0.2, -0.15) is 0 Å². The molecule has 4 heteroatoms. The van der Waals surface area contributed by atoms with Gasteiger partial charge >= 0.3 is 0 Å². The first-order valence-electron chi connectivity index (χ1n) is 7.99. The van der Waals surface area contributed by atoms with Crippen LogP contribution in [-0.4, -0.2) is 18.0 Å². The summed E-state index contributed by atoms with van der Waals surface area (Å²) in [6, 6.07) is 6.53. The average molecular weight is 525 g/mol. The summed E-state index contributed by atoms with van der Waals surface area (Å²) < 4.78 is 8.73. The van der Waals surface area contributed by atoms with Crippen LogP contribution in [0.4, 0.5) is 0 Å². The summed E-state index contributed by atoms with van der Waals surface area (Å²) >= 11 is 4.90. The third kappa shape index (κ3) is 3.97. The van der Waals surface area contributed by atoms with Crippen molar-refractivity contribution in [2.75, 3.05) is 6.61 Å². The zero-order valence-corrected chi connectivity index (χ0v) is 18.2. The highest BCUT2D eigenvalue weighted by Gasteiger charge is 2.40. The van der Waals surface area contributed by atoms with Crippen LogP contribution in [0.1, 0.15) is 52.5 Å². The highest BCUT2D eigenvalue weighted by atomic mass is 127. The molecule has 2 rings (SSSR count). The van der Waals surface area contributed by atoms with E-state index in [4.69, 9.17) is 9.73 Å². The van der Waals surface area contributed by atoms with Crippen LogP contribution in [-0.2, 0) is 11.2 Å². The fourth-order valence-corrected chi connectivity index (χ4v) is 5.06. The normalized spacial score (nSPS) is 17.3. The van der Waals surface area contributed by atoms with E-state index in [1.165, 1.54) is 12.7 Å². The van der Waals surface area contributed by atoms with Gasteiger partial charge in [0.1, 0.15) is 6.61 Å². The highest BCUT2D eigenvalue weighted by Crippen LogP contribution is 2.39. The summed E-state index contributed by atoms with van der Waals surface area (Å²) in [5.74, 6) is 0.989. The molecule has 0 aliphatic carbocycles. The molecule has 0 N–H and O–H groups in total. The minimum Gasteiger partial charge on any atom is -0.478 e. The lowest BCUT2D eigenvalue weighted by Crippen LogP contribution is -2.31. The zero-order valence-electron chi connectivity index (χ0n) is 13.9. The molecule has 0 amide bonds. The molecule has 0 aromatic heterocycles. The molecule has 0 spiro atoms. The fourth-order valence-electron chi connectivity index (χ4n) is 3.00. The molecular weight excluding hydrogens is 500 g/mol. The summed E-state index contributed by atoms with van der Waals surface area (Å²) in [5, 5.41) is 0. The molecule has 0 bridgehead atoms. The minimum atomic E-state index is -0.0689. The Balaban J connectivity index is 2.23. The second kappa shape index (κ2) is 7.36. The monoisotopic (exact) mass is 525 g/mol. The Bertz CT molecular complexity index is 542. The number of ether oxygens (including phenoxy) is 1.